The molecule has 128 valence electrons. The highest BCUT2D eigenvalue weighted by Crippen LogP contribution is 2.27. The van der Waals surface area contributed by atoms with Gasteiger partial charge in [0.25, 0.3) is 0 Å². The van der Waals surface area contributed by atoms with E-state index in [1.807, 2.05) is 83.5 Å². The van der Waals surface area contributed by atoms with Gasteiger partial charge in [-0.25, -0.2) is 4.68 Å². The second kappa shape index (κ2) is 7.10. The van der Waals surface area contributed by atoms with Crippen LogP contribution in [-0.2, 0) is 0 Å². The van der Waals surface area contributed by atoms with Crippen molar-refractivity contribution >= 4 is 28.4 Å². The lowest BCUT2D eigenvalue weighted by atomic mass is 9.98. The van der Waals surface area contributed by atoms with Gasteiger partial charge in [-0.1, -0.05) is 71.4 Å². The number of nitrogens with zero attached hydrogens (tertiary/aromatic N) is 3. The summed E-state index contributed by atoms with van der Waals surface area (Å²) in [5.41, 5.74) is 3.36. The average Bonchev–Trinajstić information content (AvgIpc) is 3.11. The molecule has 0 saturated heterocycles. The lowest BCUT2D eigenvalue weighted by molar-refractivity contribution is 0.0968. The highest BCUT2D eigenvalue weighted by atomic mass is 35.5. The molecule has 0 fully saturated rings. The second-order valence-corrected chi connectivity index (χ2v) is 6.52. The van der Waals surface area contributed by atoms with E-state index >= 15 is 0 Å². The van der Waals surface area contributed by atoms with Gasteiger partial charge in [0.1, 0.15) is 5.52 Å². The summed E-state index contributed by atoms with van der Waals surface area (Å²) in [5, 5.41) is 9.22. The fourth-order valence-corrected chi connectivity index (χ4v) is 3.19. The van der Waals surface area contributed by atoms with E-state index < -0.39 is 0 Å². The highest BCUT2D eigenvalue weighted by Gasteiger charge is 2.22. The Balaban J connectivity index is 1.77. The molecule has 0 bridgehead atoms. The van der Waals surface area contributed by atoms with Crippen LogP contribution in [0.3, 0.4) is 0 Å². The molecule has 4 rings (SSSR count). The number of carbonyl (C=O) groups is 1. The number of para-hydroxylation sites is 1. The van der Waals surface area contributed by atoms with E-state index in [1.165, 1.54) is 0 Å². The largest absolute Gasteiger partial charge is 0.294 e. The van der Waals surface area contributed by atoms with Gasteiger partial charge in [0.2, 0.25) is 0 Å². The SMILES string of the molecule is O=C(CC(c1ccc(Cl)cc1)n1nnc2ccccc21)c1ccccc1. The average molecular weight is 362 g/mol. The summed E-state index contributed by atoms with van der Waals surface area (Å²) in [6.07, 6.45) is 0.291. The first-order chi connectivity index (χ1) is 12.7. The number of halogens is 1. The number of aromatic nitrogens is 3. The van der Waals surface area contributed by atoms with Crippen molar-refractivity contribution in [3.63, 3.8) is 0 Å². The van der Waals surface area contributed by atoms with Crippen molar-refractivity contribution in [2.45, 2.75) is 12.5 Å². The zero-order valence-corrected chi connectivity index (χ0v) is 14.7. The van der Waals surface area contributed by atoms with Crippen LogP contribution in [0.4, 0.5) is 0 Å². The number of Topliss-reactive ketones (excluding diaryl/α,β-unsaturated/α-hetero) is 1. The molecule has 0 aliphatic rings. The maximum absolute atomic E-state index is 12.8. The highest BCUT2D eigenvalue weighted by molar-refractivity contribution is 6.30. The van der Waals surface area contributed by atoms with Crippen LogP contribution in [0.15, 0.2) is 78.9 Å². The van der Waals surface area contributed by atoms with Crippen molar-refractivity contribution in [2.24, 2.45) is 0 Å². The van der Waals surface area contributed by atoms with Crippen LogP contribution in [0.25, 0.3) is 11.0 Å². The standard InChI is InChI=1S/C21H16ClN3O/c22-17-12-10-15(11-13-17)20(14-21(26)16-6-2-1-3-7-16)25-19-9-5-4-8-18(19)23-24-25/h1-13,20H,14H2. The van der Waals surface area contributed by atoms with Crippen LogP contribution in [0.2, 0.25) is 5.02 Å². The summed E-state index contributed by atoms with van der Waals surface area (Å²) in [6, 6.07) is 24.3. The molecular formula is C21H16ClN3O. The maximum Gasteiger partial charge on any atom is 0.165 e. The Morgan fingerprint density at radius 3 is 2.38 bits per heavy atom. The summed E-state index contributed by atoms with van der Waals surface area (Å²) in [4.78, 5) is 12.8. The van der Waals surface area contributed by atoms with E-state index in [2.05, 4.69) is 10.3 Å². The number of benzene rings is 3. The van der Waals surface area contributed by atoms with Crippen LogP contribution in [0.1, 0.15) is 28.4 Å². The Labute approximate surface area is 156 Å². The predicted octanol–water partition coefficient (Wildman–Crippen LogP) is 4.95. The molecule has 0 aliphatic carbocycles. The van der Waals surface area contributed by atoms with Gasteiger partial charge in [-0.05, 0) is 29.8 Å². The van der Waals surface area contributed by atoms with Crippen LogP contribution < -0.4 is 0 Å². The topological polar surface area (TPSA) is 47.8 Å². The minimum atomic E-state index is -0.257. The first kappa shape index (κ1) is 16.5. The van der Waals surface area contributed by atoms with Crippen LogP contribution in [0.5, 0.6) is 0 Å². The van der Waals surface area contributed by atoms with Crippen molar-refractivity contribution < 1.29 is 4.79 Å². The summed E-state index contributed by atoms with van der Waals surface area (Å²) in [6.45, 7) is 0. The number of ketones is 1. The molecule has 0 amide bonds. The van der Waals surface area contributed by atoms with Gasteiger partial charge < -0.3 is 0 Å². The summed E-state index contributed by atoms with van der Waals surface area (Å²) in [5.74, 6) is 0.0603. The van der Waals surface area contributed by atoms with Gasteiger partial charge in [-0.3, -0.25) is 4.79 Å². The zero-order chi connectivity index (χ0) is 17.9. The third-order valence-corrected chi connectivity index (χ3v) is 4.65. The molecule has 0 saturated carbocycles. The fourth-order valence-electron chi connectivity index (χ4n) is 3.07. The molecule has 0 aliphatic heterocycles. The molecule has 1 unspecified atom stereocenters. The van der Waals surface area contributed by atoms with Crippen LogP contribution in [0, 0.1) is 0 Å². The Bertz CT molecular complexity index is 1040. The smallest absolute Gasteiger partial charge is 0.165 e. The van der Waals surface area contributed by atoms with E-state index in [-0.39, 0.29) is 11.8 Å². The lowest BCUT2D eigenvalue weighted by Crippen LogP contribution is -2.17. The predicted molar refractivity (Wildman–Crippen MR) is 103 cm³/mol. The Hall–Kier alpha value is -2.98. The van der Waals surface area contributed by atoms with E-state index in [9.17, 15) is 4.79 Å². The maximum atomic E-state index is 12.8. The molecule has 1 aromatic heterocycles. The molecule has 1 heterocycles. The Kier molecular flexibility index (Phi) is 4.50. The Morgan fingerprint density at radius 2 is 1.62 bits per heavy atom. The first-order valence-electron chi connectivity index (χ1n) is 8.36. The number of hydrogen-bond acceptors (Lipinski definition) is 3. The summed E-state index contributed by atoms with van der Waals surface area (Å²) < 4.78 is 1.82. The van der Waals surface area contributed by atoms with E-state index in [1.54, 1.807) is 0 Å². The molecule has 0 spiro atoms. The molecule has 0 radical (unpaired) electrons. The minimum Gasteiger partial charge on any atom is -0.294 e. The molecule has 1 atom stereocenters. The molecule has 3 aromatic carbocycles. The zero-order valence-electron chi connectivity index (χ0n) is 13.9. The molecule has 0 N–H and O–H groups in total. The van der Waals surface area contributed by atoms with E-state index in [0.717, 1.165) is 16.6 Å². The third kappa shape index (κ3) is 3.24. The molecule has 5 heteroatoms. The quantitative estimate of drug-likeness (QED) is 0.473. The van der Waals surface area contributed by atoms with Gasteiger partial charge in [0.15, 0.2) is 5.78 Å². The number of rotatable bonds is 5. The van der Waals surface area contributed by atoms with Crippen LogP contribution in [-0.4, -0.2) is 20.8 Å². The van der Waals surface area contributed by atoms with Crippen LogP contribution >= 0.6 is 11.6 Å². The normalized spacial score (nSPS) is 12.2. The third-order valence-electron chi connectivity index (χ3n) is 4.40. The van der Waals surface area contributed by atoms with Crippen molar-refractivity contribution in [1.29, 1.82) is 0 Å². The Morgan fingerprint density at radius 1 is 0.923 bits per heavy atom. The summed E-state index contributed by atoms with van der Waals surface area (Å²) in [7, 11) is 0. The van der Waals surface area contributed by atoms with E-state index in [0.29, 0.717) is 17.0 Å². The number of carbonyl (C=O) groups excluding carboxylic acids is 1. The van der Waals surface area contributed by atoms with Crippen molar-refractivity contribution in [2.75, 3.05) is 0 Å². The van der Waals surface area contributed by atoms with Gasteiger partial charge in [-0.2, -0.15) is 0 Å². The minimum absolute atomic E-state index is 0.0603. The fraction of sp³-hybridized carbons (Fsp3) is 0.0952. The molecule has 4 nitrogen and oxygen atoms in total. The van der Waals surface area contributed by atoms with Crippen molar-refractivity contribution in [1.82, 2.24) is 15.0 Å². The van der Waals surface area contributed by atoms with Gasteiger partial charge in [0.05, 0.1) is 11.6 Å². The first-order valence-corrected chi connectivity index (χ1v) is 8.74. The monoisotopic (exact) mass is 361 g/mol. The van der Waals surface area contributed by atoms with E-state index in [4.69, 9.17) is 11.6 Å². The number of fused-ring (bicyclic) bond motifs is 1. The van der Waals surface area contributed by atoms with Gasteiger partial charge >= 0.3 is 0 Å². The van der Waals surface area contributed by atoms with Crippen molar-refractivity contribution in [3.8, 4) is 0 Å². The lowest BCUT2D eigenvalue weighted by Gasteiger charge is -2.18. The van der Waals surface area contributed by atoms with Crippen molar-refractivity contribution in [3.05, 3.63) is 95.0 Å². The molecule has 4 aromatic rings. The second-order valence-electron chi connectivity index (χ2n) is 6.08. The number of hydrogen-bond donors (Lipinski definition) is 0. The van der Waals surface area contributed by atoms with Gasteiger partial charge in [-0.15, -0.1) is 5.10 Å². The molecular weight excluding hydrogens is 346 g/mol. The summed E-state index contributed by atoms with van der Waals surface area (Å²) >= 11 is 6.04. The van der Waals surface area contributed by atoms with Gasteiger partial charge in [0, 0.05) is 17.0 Å². The molecule has 26 heavy (non-hydrogen) atoms.